The molecule has 0 saturated carbocycles. The highest BCUT2D eigenvalue weighted by atomic mass is 32.2. The van der Waals surface area contributed by atoms with Gasteiger partial charge < -0.3 is 0 Å². The molecule has 0 radical (unpaired) electrons. The molecule has 1 aromatic carbocycles. The number of thiocarbonyl (C=S) groups is 1. The average molecular weight is 365 g/mol. The molecule has 1 saturated heterocycles. The molecule has 0 bridgehead atoms. The number of carbonyl (C=O) groups excluding carboxylic acids is 3. The van der Waals surface area contributed by atoms with Crippen LogP contribution in [0.3, 0.4) is 0 Å². The average Bonchev–Trinajstić information content (AvgIpc) is 2.75. The van der Waals surface area contributed by atoms with E-state index in [0.29, 0.717) is 10.6 Å². The Morgan fingerprint density at radius 2 is 1.96 bits per heavy atom. The summed E-state index contributed by atoms with van der Waals surface area (Å²) < 4.78 is 0.0297. The summed E-state index contributed by atoms with van der Waals surface area (Å²) in [6, 6.07) is 5.71. The Labute approximate surface area is 146 Å². The first-order valence-corrected chi connectivity index (χ1v) is 7.78. The molecule has 3 amide bonds. The van der Waals surface area contributed by atoms with E-state index in [9.17, 15) is 24.5 Å². The van der Waals surface area contributed by atoms with Crippen molar-refractivity contribution < 1.29 is 19.3 Å². The maximum atomic E-state index is 12.5. The van der Waals surface area contributed by atoms with E-state index in [1.807, 2.05) is 0 Å². The lowest BCUT2D eigenvalue weighted by molar-refractivity contribution is -0.384. The highest BCUT2D eigenvalue weighted by Crippen LogP contribution is 2.34. The summed E-state index contributed by atoms with van der Waals surface area (Å²) in [4.78, 5) is 46.1. The van der Waals surface area contributed by atoms with E-state index in [4.69, 9.17) is 12.2 Å². The topological polar surface area (TPSA) is 101 Å². The normalized spacial score (nSPS) is 15.8. The van der Waals surface area contributed by atoms with E-state index in [1.165, 1.54) is 24.3 Å². The van der Waals surface area contributed by atoms with E-state index in [-0.39, 0.29) is 14.9 Å². The zero-order valence-electron chi connectivity index (χ0n) is 12.6. The van der Waals surface area contributed by atoms with E-state index in [1.54, 1.807) is 6.07 Å². The first-order chi connectivity index (χ1) is 11.2. The van der Waals surface area contributed by atoms with E-state index >= 15 is 0 Å². The van der Waals surface area contributed by atoms with Gasteiger partial charge in [0.15, 0.2) is 4.32 Å². The minimum atomic E-state index is -0.643. The lowest BCUT2D eigenvalue weighted by Crippen LogP contribution is -2.50. The quantitative estimate of drug-likeness (QED) is 0.350. The molecule has 2 rings (SSSR count). The van der Waals surface area contributed by atoms with Crippen molar-refractivity contribution in [1.82, 2.24) is 10.0 Å². The summed E-state index contributed by atoms with van der Waals surface area (Å²) in [5.74, 6) is -1.92. The lowest BCUT2D eigenvalue weighted by atomic mass is 10.2. The van der Waals surface area contributed by atoms with Gasteiger partial charge in [0.1, 0.15) is 0 Å². The molecule has 8 nitrogen and oxygen atoms in total. The van der Waals surface area contributed by atoms with Gasteiger partial charge in [-0.05, 0) is 23.9 Å². The van der Waals surface area contributed by atoms with Crippen molar-refractivity contribution in [2.75, 3.05) is 0 Å². The van der Waals surface area contributed by atoms with Crippen molar-refractivity contribution >= 4 is 57.8 Å². The summed E-state index contributed by atoms with van der Waals surface area (Å²) in [5.41, 5.74) is 0.315. The number of thioether (sulfide) groups is 1. The Kier molecular flexibility index (Phi) is 5.10. The molecule has 0 spiro atoms. The first-order valence-electron chi connectivity index (χ1n) is 6.56. The Hall–Kier alpha value is -2.59. The number of hydrogen-bond acceptors (Lipinski definition) is 7. The van der Waals surface area contributed by atoms with Gasteiger partial charge in [-0.2, -0.15) is 10.0 Å². The molecule has 24 heavy (non-hydrogen) atoms. The van der Waals surface area contributed by atoms with Crippen molar-refractivity contribution in [3.8, 4) is 0 Å². The van der Waals surface area contributed by atoms with Crippen LogP contribution in [0.15, 0.2) is 29.2 Å². The summed E-state index contributed by atoms with van der Waals surface area (Å²) >= 11 is 5.97. The fourth-order valence-corrected chi connectivity index (χ4v) is 3.26. The van der Waals surface area contributed by atoms with Gasteiger partial charge >= 0.3 is 0 Å². The standard InChI is InChI=1S/C14H11N3O5S2/c1-8(18)15(9(2)19)16-13(20)12(24-14(16)23)7-10-4-3-5-11(6-10)17(21)22/h3-7H,1-2H3/b12-7-. The van der Waals surface area contributed by atoms with Crippen molar-refractivity contribution in [3.05, 3.63) is 44.8 Å². The Bertz CT molecular complexity index is 791. The van der Waals surface area contributed by atoms with Gasteiger partial charge in [-0.15, -0.1) is 0 Å². The number of imide groups is 1. The second-order valence-electron chi connectivity index (χ2n) is 4.70. The third-order valence-corrected chi connectivity index (χ3v) is 4.23. The van der Waals surface area contributed by atoms with Crippen molar-refractivity contribution in [2.45, 2.75) is 13.8 Å². The number of hydrogen-bond donors (Lipinski definition) is 0. The third-order valence-electron chi connectivity index (χ3n) is 2.95. The molecule has 0 aromatic heterocycles. The molecule has 1 heterocycles. The molecular weight excluding hydrogens is 354 g/mol. The number of non-ortho nitro benzene ring substituents is 1. The van der Waals surface area contributed by atoms with E-state index in [0.717, 1.165) is 30.6 Å². The molecule has 1 aromatic rings. The molecule has 1 aliphatic rings. The van der Waals surface area contributed by atoms with Gasteiger partial charge in [0.2, 0.25) is 11.8 Å². The lowest BCUT2D eigenvalue weighted by Gasteiger charge is -2.26. The number of nitrogens with zero attached hydrogens (tertiary/aromatic N) is 3. The zero-order chi connectivity index (χ0) is 18.0. The van der Waals surface area contributed by atoms with Gasteiger partial charge in [0, 0.05) is 26.0 Å². The third kappa shape index (κ3) is 3.49. The van der Waals surface area contributed by atoms with Crippen LogP contribution in [0.25, 0.3) is 6.08 Å². The second-order valence-corrected chi connectivity index (χ2v) is 6.37. The summed E-state index contributed by atoms with van der Waals surface area (Å²) in [7, 11) is 0. The summed E-state index contributed by atoms with van der Waals surface area (Å²) in [6.07, 6.45) is 1.42. The van der Waals surface area contributed by atoms with Crippen molar-refractivity contribution in [2.24, 2.45) is 0 Å². The van der Waals surface area contributed by atoms with Crippen LogP contribution in [0.1, 0.15) is 19.4 Å². The highest BCUT2D eigenvalue weighted by Gasteiger charge is 2.39. The number of benzene rings is 1. The van der Waals surface area contributed by atoms with Crippen LogP contribution in [0, 0.1) is 10.1 Å². The van der Waals surface area contributed by atoms with Gasteiger partial charge in [-0.1, -0.05) is 23.9 Å². The largest absolute Gasteiger partial charge is 0.285 e. The first kappa shape index (κ1) is 17.8. The van der Waals surface area contributed by atoms with Crippen LogP contribution in [0.2, 0.25) is 0 Å². The molecule has 1 fully saturated rings. The molecule has 0 aliphatic carbocycles. The van der Waals surface area contributed by atoms with Crippen LogP contribution in [0.4, 0.5) is 5.69 Å². The zero-order valence-corrected chi connectivity index (χ0v) is 14.2. The van der Waals surface area contributed by atoms with Crippen LogP contribution in [-0.2, 0) is 14.4 Å². The molecule has 0 unspecified atom stereocenters. The summed E-state index contributed by atoms with van der Waals surface area (Å²) in [5, 5.41) is 12.3. The van der Waals surface area contributed by atoms with Gasteiger partial charge in [-0.25, -0.2) is 0 Å². The second kappa shape index (κ2) is 6.89. The van der Waals surface area contributed by atoms with E-state index < -0.39 is 22.6 Å². The van der Waals surface area contributed by atoms with Gasteiger partial charge in [0.05, 0.1) is 9.83 Å². The smallest absolute Gasteiger partial charge is 0.273 e. The monoisotopic (exact) mass is 365 g/mol. The molecule has 0 atom stereocenters. The predicted octanol–water partition coefficient (Wildman–Crippen LogP) is 2.11. The fourth-order valence-electron chi connectivity index (χ4n) is 2.01. The minimum absolute atomic E-state index is 0.0297. The van der Waals surface area contributed by atoms with Crippen LogP contribution in [-0.4, -0.2) is 37.0 Å². The molecule has 10 heteroatoms. The van der Waals surface area contributed by atoms with Gasteiger partial charge in [-0.3, -0.25) is 24.5 Å². The van der Waals surface area contributed by atoms with Crippen LogP contribution in [0.5, 0.6) is 0 Å². The van der Waals surface area contributed by atoms with Gasteiger partial charge in [0.25, 0.3) is 11.6 Å². The Balaban J connectivity index is 2.38. The summed E-state index contributed by atoms with van der Waals surface area (Å²) in [6.45, 7) is 2.29. The number of rotatable bonds is 3. The molecule has 0 N–H and O–H groups in total. The number of amides is 3. The Morgan fingerprint density at radius 3 is 2.50 bits per heavy atom. The highest BCUT2D eigenvalue weighted by molar-refractivity contribution is 8.26. The number of hydrazine groups is 1. The predicted molar refractivity (Wildman–Crippen MR) is 91.3 cm³/mol. The van der Waals surface area contributed by atoms with Crippen LogP contribution >= 0.6 is 24.0 Å². The van der Waals surface area contributed by atoms with Crippen molar-refractivity contribution in [3.63, 3.8) is 0 Å². The molecular formula is C14H11N3O5S2. The maximum absolute atomic E-state index is 12.5. The van der Waals surface area contributed by atoms with Crippen LogP contribution < -0.4 is 0 Å². The number of carbonyl (C=O) groups is 3. The minimum Gasteiger partial charge on any atom is -0.273 e. The fraction of sp³-hybridized carbons (Fsp3) is 0.143. The Morgan fingerprint density at radius 1 is 1.33 bits per heavy atom. The molecule has 124 valence electrons. The maximum Gasteiger partial charge on any atom is 0.285 e. The van der Waals surface area contributed by atoms with Crippen molar-refractivity contribution in [1.29, 1.82) is 0 Å². The number of nitro groups is 1. The molecule has 1 aliphatic heterocycles. The number of nitro benzene ring substituents is 1. The van der Waals surface area contributed by atoms with E-state index in [2.05, 4.69) is 0 Å². The SMILES string of the molecule is CC(=O)N(C(C)=O)N1C(=O)/C(=C/c2cccc([N+](=O)[O-])c2)SC1=S.